The fourth-order valence-corrected chi connectivity index (χ4v) is 3.07. The first-order valence-corrected chi connectivity index (χ1v) is 8.24. The van der Waals surface area contributed by atoms with Crippen molar-refractivity contribution in [3.05, 3.63) is 54.1 Å². The smallest absolute Gasteiger partial charge is 0.330 e. The molecule has 2 heterocycles. The van der Waals surface area contributed by atoms with Gasteiger partial charge < -0.3 is 19.7 Å². The highest BCUT2D eigenvalue weighted by molar-refractivity contribution is 5.82. The first-order chi connectivity index (χ1) is 11.6. The minimum Gasteiger partial charge on any atom is -0.459 e. The van der Waals surface area contributed by atoms with E-state index in [4.69, 9.17) is 9.47 Å². The van der Waals surface area contributed by atoms with Crippen molar-refractivity contribution < 1.29 is 24.5 Å². The molecule has 0 saturated carbocycles. The zero-order valence-corrected chi connectivity index (χ0v) is 13.3. The Balaban J connectivity index is 1.62. The normalized spacial score (nSPS) is 33.6. The van der Waals surface area contributed by atoms with E-state index in [0.29, 0.717) is 19.3 Å². The fraction of sp³-hybridized carbons (Fsp3) is 0.421. The molecule has 0 aliphatic carbocycles. The highest BCUT2D eigenvalue weighted by Crippen LogP contribution is 2.27. The highest BCUT2D eigenvalue weighted by Gasteiger charge is 2.36. The van der Waals surface area contributed by atoms with Crippen LogP contribution in [0.1, 0.15) is 24.8 Å². The molecule has 5 nitrogen and oxygen atoms in total. The molecule has 1 saturated heterocycles. The van der Waals surface area contributed by atoms with Crippen LogP contribution in [0.5, 0.6) is 0 Å². The Bertz CT molecular complexity index is 609. The van der Waals surface area contributed by atoms with Gasteiger partial charge in [0.2, 0.25) is 0 Å². The summed E-state index contributed by atoms with van der Waals surface area (Å²) in [5.74, 6) is -0.344. The molecule has 128 valence electrons. The van der Waals surface area contributed by atoms with Gasteiger partial charge in [-0.15, -0.1) is 0 Å². The first kappa shape index (κ1) is 16.9. The van der Waals surface area contributed by atoms with Gasteiger partial charge in [0.25, 0.3) is 0 Å². The van der Waals surface area contributed by atoms with Crippen molar-refractivity contribution in [3.63, 3.8) is 0 Å². The third kappa shape index (κ3) is 4.32. The number of carbonyl (C=O) groups excluding carboxylic acids is 1. The second-order valence-corrected chi connectivity index (χ2v) is 6.22. The molecule has 2 N–H and O–H groups in total. The van der Waals surface area contributed by atoms with E-state index in [2.05, 4.69) is 0 Å². The Morgan fingerprint density at radius 1 is 1.17 bits per heavy atom. The third-order valence-corrected chi connectivity index (χ3v) is 4.32. The summed E-state index contributed by atoms with van der Waals surface area (Å²) in [5, 5.41) is 20.3. The maximum Gasteiger partial charge on any atom is 0.330 e. The minimum atomic E-state index is -0.963. The molecule has 24 heavy (non-hydrogen) atoms. The van der Waals surface area contributed by atoms with Crippen molar-refractivity contribution in [2.24, 2.45) is 0 Å². The molecule has 1 aromatic carbocycles. The van der Waals surface area contributed by atoms with Crippen LogP contribution >= 0.6 is 0 Å². The maximum absolute atomic E-state index is 11.3. The summed E-state index contributed by atoms with van der Waals surface area (Å²) in [5.41, 5.74) is 0.997. The predicted octanol–water partition coefficient (Wildman–Crippen LogP) is 1.84. The lowest BCUT2D eigenvalue weighted by atomic mass is 9.93. The van der Waals surface area contributed by atoms with Crippen LogP contribution in [-0.2, 0) is 14.3 Å². The number of benzene rings is 1. The summed E-state index contributed by atoms with van der Waals surface area (Å²) >= 11 is 0. The van der Waals surface area contributed by atoms with Gasteiger partial charge in [-0.3, -0.25) is 0 Å². The van der Waals surface area contributed by atoms with Crippen molar-refractivity contribution in [3.8, 4) is 0 Å². The summed E-state index contributed by atoms with van der Waals surface area (Å²) in [6.45, 7) is 0. The second-order valence-electron chi connectivity index (χ2n) is 6.22. The number of esters is 1. The molecule has 0 unspecified atom stereocenters. The summed E-state index contributed by atoms with van der Waals surface area (Å²) in [7, 11) is 0. The molecule has 0 radical (unpaired) electrons. The maximum atomic E-state index is 11.3. The van der Waals surface area contributed by atoms with Gasteiger partial charge in [0.15, 0.2) is 0 Å². The highest BCUT2D eigenvalue weighted by atomic mass is 16.5. The van der Waals surface area contributed by atoms with E-state index in [1.165, 1.54) is 6.08 Å². The average molecular weight is 330 g/mol. The van der Waals surface area contributed by atoms with Crippen LogP contribution in [-0.4, -0.2) is 46.7 Å². The van der Waals surface area contributed by atoms with E-state index in [-0.39, 0.29) is 18.2 Å². The fourth-order valence-electron chi connectivity index (χ4n) is 3.07. The first-order valence-electron chi connectivity index (χ1n) is 8.24. The van der Waals surface area contributed by atoms with Crippen molar-refractivity contribution in [1.82, 2.24) is 0 Å². The van der Waals surface area contributed by atoms with Gasteiger partial charge in [-0.2, -0.15) is 0 Å². The Hall–Kier alpha value is -1.95. The Morgan fingerprint density at radius 2 is 1.96 bits per heavy atom. The number of carbonyl (C=O) groups is 1. The van der Waals surface area contributed by atoms with Gasteiger partial charge in [-0.25, -0.2) is 4.79 Å². The third-order valence-electron chi connectivity index (χ3n) is 4.32. The van der Waals surface area contributed by atoms with Crippen LogP contribution in [0, 0.1) is 0 Å². The van der Waals surface area contributed by atoms with E-state index in [1.807, 2.05) is 36.4 Å². The topological polar surface area (TPSA) is 76.0 Å². The SMILES string of the molecule is O=C1C=CC[C@H](C[C@@H]2C[C@H](O)[C@H](O)[C@@H](/C=C/c3ccccc3)O2)O1. The van der Waals surface area contributed by atoms with Crippen LogP contribution in [0.15, 0.2) is 48.6 Å². The molecule has 1 fully saturated rings. The molecule has 2 aliphatic heterocycles. The summed E-state index contributed by atoms with van der Waals surface area (Å²) in [4.78, 5) is 11.3. The van der Waals surface area contributed by atoms with Crippen LogP contribution in [0.25, 0.3) is 6.08 Å². The lowest BCUT2D eigenvalue weighted by molar-refractivity contribution is -0.165. The quantitative estimate of drug-likeness (QED) is 0.824. The zero-order valence-electron chi connectivity index (χ0n) is 13.3. The van der Waals surface area contributed by atoms with Gasteiger partial charge in [-0.05, 0) is 5.56 Å². The number of cyclic esters (lactones) is 1. The lowest BCUT2D eigenvalue weighted by Gasteiger charge is -2.37. The number of hydrogen-bond donors (Lipinski definition) is 2. The molecule has 3 rings (SSSR count). The summed E-state index contributed by atoms with van der Waals surface area (Å²) in [6, 6.07) is 9.70. The molecule has 0 amide bonds. The van der Waals surface area contributed by atoms with Crippen LogP contribution in [0.4, 0.5) is 0 Å². The van der Waals surface area contributed by atoms with E-state index in [1.54, 1.807) is 12.2 Å². The molecule has 1 aromatic rings. The largest absolute Gasteiger partial charge is 0.459 e. The number of aliphatic hydroxyl groups is 2. The molecule has 2 aliphatic rings. The second kappa shape index (κ2) is 7.75. The molecule has 5 atom stereocenters. The molecule has 0 bridgehead atoms. The lowest BCUT2D eigenvalue weighted by Crippen LogP contribution is -2.48. The minimum absolute atomic E-state index is 0.242. The van der Waals surface area contributed by atoms with E-state index < -0.39 is 18.3 Å². The number of ether oxygens (including phenoxy) is 2. The van der Waals surface area contributed by atoms with E-state index >= 15 is 0 Å². The van der Waals surface area contributed by atoms with Crippen LogP contribution in [0.2, 0.25) is 0 Å². The average Bonchev–Trinajstić information content (AvgIpc) is 2.58. The monoisotopic (exact) mass is 330 g/mol. The van der Waals surface area contributed by atoms with Crippen LogP contribution in [0.3, 0.4) is 0 Å². The van der Waals surface area contributed by atoms with E-state index in [9.17, 15) is 15.0 Å². The van der Waals surface area contributed by atoms with Crippen molar-refractivity contribution in [2.75, 3.05) is 0 Å². The Kier molecular flexibility index (Phi) is 5.45. The Labute approximate surface area is 141 Å². The molecule has 5 heteroatoms. The van der Waals surface area contributed by atoms with E-state index in [0.717, 1.165) is 5.56 Å². The van der Waals surface area contributed by atoms with Gasteiger partial charge in [0.1, 0.15) is 18.3 Å². The van der Waals surface area contributed by atoms with Gasteiger partial charge >= 0.3 is 5.97 Å². The van der Waals surface area contributed by atoms with Crippen molar-refractivity contribution in [2.45, 2.75) is 49.8 Å². The number of hydrogen-bond acceptors (Lipinski definition) is 5. The molecule has 0 spiro atoms. The van der Waals surface area contributed by atoms with Crippen molar-refractivity contribution in [1.29, 1.82) is 0 Å². The molecular weight excluding hydrogens is 308 g/mol. The zero-order chi connectivity index (χ0) is 16.9. The number of aliphatic hydroxyl groups excluding tert-OH is 2. The van der Waals surface area contributed by atoms with Gasteiger partial charge in [-0.1, -0.05) is 48.6 Å². The molecular formula is C19H22O5. The number of rotatable bonds is 4. The van der Waals surface area contributed by atoms with Crippen LogP contribution < -0.4 is 0 Å². The molecule has 0 aromatic heterocycles. The summed E-state index contributed by atoms with van der Waals surface area (Å²) < 4.78 is 11.2. The Morgan fingerprint density at radius 3 is 2.71 bits per heavy atom. The predicted molar refractivity (Wildman–Crippen MR) is 89.0 cm³/mol. The van der Waals surface area contributed by atoms with Gasteiger partial charge in [0.05, 0.1) is 12.2 Å². The van der Waals surface area contributed by atoms with Gasteiger partial charge in [0, 0.05) is 25.3 Å². The standard InChI is InChI=1S/C19H22O5/c20-16-12-15(11-14-7-4-8-18(21)24-14)23-17(19(16)22)10-9-13-5-2-1-3-6-13/h1-6,8-10,14-17,19-20,22H,7,11-12H2/b10-9+/t14-,15-,16+,17-,19+/m1/s1. The summed E-state index contributed by atoms with van der Waals surface area (Å²) in [6.07, 6.45) is 5.41. The van der Waals surface area contributed by atoms with Crippen molar-refractivity contribution >= 4 is 12.0 Å².